The van der Waals surface area contributed by atoms with Gasteiger partial charge >= 0.3 is 5.97 Å². The van der Waals surface area contributed by atoms with Crippen LogP contribution in [0.15, 0.2) is 13.9 Å². The zero-order valence-electron chi connectivity index (χ0n) is 18.1. The molecule has 0 aromatic carbocycles. The molecule has 3 heterocycles. The number of hydrogen-bond acceptors (Lipinski definition) is 9. The van der Waals surface area contributed by atoms with Gasteiger partial charge in [0.2, 0.25) is 10.0 Å². The number of ether oxygens (including phenoxy) is 1. The predicted molar refractivity (Wildman–Crippen MR) is 105 cm³/mol. The molecule has 1 aliphatic rings. The van der Waals surface area contributed by atoms with Gasteiger partial charge in [-0.2, -0.15) is 9.29 Å². The van der Waals surface area contributed by atoms with E-state index < -0.39 is 28.0 Å². The van der Waals surface area contributed by atoms with Gasteiger partial charge in [0, 0.05) is 18.5 Å². The monoisotopic (exact) mass is 440 g/mol. The van der Waals surface area contributed by atoms with Crippen LogP contribution in [0.1, 0.15) is 69.8 Å². The van der Waals surface area contributed by atoms with Crippen molar-refractivity contribution in [2.45, 2.75) is 70.8 Å². The maximum Gasteiger partial charge on any atom is 0.311 e. The van der Waals surface area contributed by atoms with Crippen molar-refractivity contribution in [3.63, 3.8) is 0 Å². The molecule has 10 nitrogen and oxygen atoms in total. The number of sulfonamides is 1. The zero-order chi connectivity index (χ0) is 22.3. The maximum absolute atomic E-state index is 13.0. The Morgan fingerprint density at radius 2 is 1.93 bits per heavy atom. The Labute approximate surface area is 176 Å². The molecular weight excluding hydrogens is 412 g/mol. The number of aromatic nitrogens is 3. The summed E-state index contributed by atoms with van der Waals surface area (Å²) in [4.78, 5) is 17.1. The maximum atomic E-state index is 13.0. The molecule has 0 radical (unpaired) electrons. The second-order valence-electron chi connectivity index (χ2n) is 8.64. The average Bonchev–Trinajstić information content (AvgIpc) is 3.29. The van der Waals surface area contributed by atoms with Gasteiger partial charge in [0.1, 0.15) is 10.6 Å². The Bertz CT molecular complexity index is 1000. The second-order valence-corrected chi connectivity index (χ2v) is 10.5. The minimum Gasteiger partial charge on any atom is -0.452 e. The fraction of sp³-hybridized carbons (Fsp3) is 0.684. The summed E-state index contributed by atoms with van der Waals surface area (Å²) in [6, 6.07) is 0. The molecule has 1 saturated heterocycles. The summed E-state index contributed by atoms with van der Waals surface area (Å²) < 4.78 is 43.1. The van der Waals surface area contributed by atoms with E-state index in [9.17, 15) is 13.2 Å². The van der Waals surface area contributed by atoms with E-state index in [-0.39, 0.29) is 28.5 Å². The van der Waals surface area contributed by atoms with Crippen molar-refractivity contribution in [1.29, 1.82) is 0 Å². The molecule has 0 spiro atoms. The van der Waals surface area contributed by atoms with Crippen LogP contribution in [-0.4, -0.2) is 47.1 Å². The van der Waals surface area contributed by atoms with E-state index in [0.29, 0.717) is 30.9 Å². The molecule has 30 heavy (non-hydrogen) atoms. The highest BCUT2D eigenvalue weighted by Crippen LogP contribution is 2.29. The molecule has 0 aliphatic carbocycles. The van der Waals surface area contributed by atoms with Crippen molar-refractivity contribution in [2.75, 3.05) is 13.1 Å². The highest BCUT2D eigenvalue weighted by atomic mass is 32.2. The van der Waals surface area contributed by atoms with Gasteiger partial charge in [0.05, 0.1) is 5.92 Å². The fourth-order valence-corrected chi connectivity index (χ4v) is 5.17. The Morgan fingerprint density at radius 1 is 1.23 bits per heavy atom. The normalized spacial score (nSPS) is 19.6. The molecular formula is C19H28N4O6S. The molecule has 11 heteroatoms. The lowest BCUT2D eigenvalue weighted by atomic mass is 9.96. The summed E-state index contributed by atoms with van der Waals surface area (Å²) in [5.74, 6) is -0.103. The number of carbonyl (C=O) groups excluding carboxylic acids is 1. The van der Waals surface area contributed by atoms with Crippen LogP contribution in [0.3, 0.4) is 0 Å². The van der Waals surface area contributed by atoms with Gasteiger partial charge in [-0.3, -0.25) is 4.79 Å². The molecule has 0 bridgehead atoms. The van der Waals surface area contributed by atoms with Gasteiger partial charge in [0.25, 0.3) is 5.89 Å². The number of piperidine rings is 1. The molecule has 166 valence electrons. The van der Waals surface area contributed by atoms with Crippen LogP contribution in [0.25, 0.3) is 0 Å². The smallest absolute Gasteiger partial charge is 0.311 e. The first-order valence-corrected chi connectivity index (χ1v) is 11.3. The Kier molecular flexibility index (Phi) is 6.06. The van der Waals surface area contributed by atoms with Gasteiger partial charge in [-0.25, -0.2) is 8.42 Å². The van der Waals surface area contributed by atoms with Crippen LogP contribution < -0.4 is 0 Å². The van der Waals surface area contributed by atoms with Crippen LogP contribution in [0, 0.1) is 19.8 Å². The van der Waals surface area contributed by atoms with Crippen LogP contribution in [0.4, 0.5) is 0 Å². The summed E-state index contributed by atoms with van der Waals surface area (Å²) >= 11 is 0. The number of aryl methyl sites for hydroxylation is 2. The minimum absolute atomic E-state index is 0.0367. The number of esters is 1. The number of rotatable bonds is 5. The third-order valence-electron chi connectivity index (χ3n) is 5.04. The summed E-state index contributed by atoms with van der Waals surface area (Å²) in [6.45, 7) is 11.0. The SMILES string of the molecule is Cc1noc(C)c1S(=O)(=O)N1CCCC(C(=O)OC(C)c2nc(C(C)(C)C)no2)C1. The van der Waals surface area contributed by atoms with Crippen LogP contribution in [-0.2, 0) is 25.0 Å². The molecule has 0 saturated carbocycles. The predicted octanol–water partition coefficient (Wildman–Crippen LogP) is 2.68. The van der Waals surface area contributed by atoms with E-state index in [1.807, 2.05) is 20.8 Å². The topological polar surface area (TPSA) is 129 Å². The van der Waals surface area contributed by atoms with Gasteiger partial charge in [-0.15, -0.1) is 0 Å². The lowest BCUT2D eigenvalue weighted by molar-refractivity contribution is -0.156. The van der Waals surface area contributed by atoms with E-state index in [0.717, 1.165) is 0 Å². The number of nitrogens with zero attached hydrogens (tertiary/aromatic N) is 4. The van der Waals surface area contributed by atoms with Crippen molar-refractivity contribution < 1.29 is 27.0 Å². The molecule has 2 unspecified atom stereocenters. The van der Waals surface area contributed by atoms with E-state index in [4.69, 9.17) is 13.8 Å². The Morgan fingerprint density at radius 3 is 2.50 bits per heavy atom. The highest BCUT2D eigenvalue weighted by molar-refractivity contribution is 7.89. The molecule has 2 aromatic rings. The van der Waals surface area contributed by atoms with Gasteiger partial charge in [-0.05, 0) is 33.6 Å². The molecule has 0 N–H and O–H groups in total. The van der Waals surface area contributed by atoms with E-state index in [2.05, 4.69) is 15.3 Å². The van der Waals surface area contributed by atoms with Gasteiger partial charge < -0.3 is 13.8 Å². The molecule has 2 atom stereocenters. The summed E-state index contributed by atoms with van der Waals surface area (Å²) in [6.07, 6.45) is 0.359. The minimum atomic E-state index is -3.81. The van der Waals surface area contributed by atoms with Crippen LogP contribution in [0.2, 0.25) is 0 Å². The first-order chi connectivity index (χ1) is 13.9. The molecule has 1 fully saturated rings. The first-order valence-electron chi connectivity index (χ1n) is 9.89. The van der Waals surface area contributed by atoms with Crippen molar-refractivity contribution in [2.24, 2.45) is 5.92 Å². The molecule has 0 amide bonds. The summed E-state index contributed by atoms with van der Waals surface area (Å²) in [7, 11) is -3.81. The fourth-order valence-electron chi connectivity index (χ4n) is 3.35. The second kappa shape index (κ2) is 8.10. The third-order valence-corrected chi connectivity index (χ3v) is 7.15. The lowest BCUT2D eigenvalue weighted by Gasteiger charge is -2.30. The Balaban J connectivity index is 1.69. The largest absolute Gasteiger partial charge is 0.452 e. The van der Waals surface area contributed by atoms with Gasteiger partial charge in [-0.1, -0.05) is 31.1 Å². The lowest BCUT2D eigenvalue weighted by Crippen LogP contribution is -2.43. The van der Waals surface area contributed by atoms with E-state index in [1.54, 1.807) is 20.8 Å². The van der Waals surface area contributed by atoms with Crippen LogP contribution in [0.5, 0.6) is 0 Å². The van der Waals surface area contributed by atoms with Crippen molar-refractivity contribution in [3.8, 4) is 0 Å². The zero-order valence-corrected chi connectivity index (χ0v) is 18.9. The summed E-state index contributed by atoms with van der Waals surface area (Å²) in [5, 5.41) is 7.67. The molecule has 3 rings (SSSR count). The quantitative estimate of drug-likeness (QED) is 0.644. The van der Waals surface area contributed by atoms with E-state index >= 15 is 0 Å². The number of carbonyl (C=O) groups is 1. The van der Waals surface area contributed by atoms with Crippen molar-refractivity contribution >= 4 is 16.0 Å². The van der Waals surface area contributed by atoms with E-state index in [1.165, 1.54) is 4.31 Å². The number of hydrogen-bond donors (Lipinski definition) is 0. The Hall–Kier alpha value is -2.27. The first kappa shape index (κ1) is 22.4. The van der Waals surface area contributed by atoms with Crippen LogP contribution >= 0.6 is 0 Å². The van der Waals surface area contributed by atoms with Crippen molar-refractivity contribution in [1.82, 2.24) is 19.6 Å². The molecule has 2 aromatic heterocycles. The highest BCUT2D eigenvalue weighted by Gasteiger charge is 2.37. The van der Waals surface area contributed by atoms with Crippen molar-refractivity contribution in [3.05, 3.63) is 23.2 Å². The molecule has 1 aliphatic heterocycles. The summed E-state index contributed by atoms with van der Waals surface area (Å²) in [5.41, 5.74) is 0.0129. The standard InChI is InChI=1S/C19H28N4O6S/c1-11-15(12(2)28-21-11)30(25,26)23-9-7-8-14(10-23)17(24)27-13(3)16-20-18(22-29-16)19(4,5)6/h13-14H,7-10H2,1-6H3. The third kappa shape index (κ3) is 4.41. The van der Waals surface area contributed by atoms with Gasteiger partial charge in [0.15, 0.2) is 17.7 Å². The average molecular weight is 441 g/mol.